The van der Waals surface area contributed by atoms with Crippen LogP contribution in [0.4, 0.5) is 5.69 Å². The number of benzene rings is 1. The molecule has 0 radical (unpaired) electrons. The van der Waals surface area contributed by atoms with Gasteiger partial charge >= 0.3 is 5.97 Å². The first-order chi connectivity index (χ1) is 15.3. The third-order valence-electron chi connectivity index (χ3n) is 4.29. The van der Waals surface area contributed by atoms with Crippen molar-refractivity contribution in [1.82, 2.24) is 19.3 Å². The highest BCUT2D eigenvalue weighted by atomic mass is 32.2. The zero-order valence-electron chi connectivity index (χ0n) is 17.4. The predicted octanol–water partition coefficient (Wildman–Crippen LogP) is 2.43. The lowest BCUT2D eigenvalue weighted by molar-refractivity contribution is -0.119. The van der Waals surface area contributed by atoms with E-state index in [1.54, 1.807) is 32.3 Å². The van der Waals surface area contributed by atoms with Crippen LogP contribution < -0.4 is 5.32 Å². The fraction of sp³-hybridized carbons (Fsp3) is 0.250. The highest BCUT2D eigenvalue weighted by Gasteiger charge is 2.21. The number of nitrogens with zero attached hydrogens (tertiary/aromatic N) is 4. The van der Waals surface area contributed by atoms with Gasteiger partial charge in [0.05, 0.1) is 4.90 Å². The molecule has 3 rings (SSSR count). The minimum Gasteiger partial charge on any atom is -0.451 e. The second kappa shape index (κ2) is 10.4. The van der Waals surface area contributed by atoms with Crippen molar-refractivity contribution in [3.8, 4) is 10.8 Å². The molecule has 0 fully saturated rings. The lowest BCUT2D eigenvalue weighted by atomic mass is 10.3. The summed E-state index contributed by atoms with van der Waals surface area (Å²) in [5, 5.41) is 4.51. The maximum atomic E-state index is 12.5. The fourth-order valence-corrected chi connectivity index (χ4v) is 4.90. The number of esters is 1. The number of amides is 1. The standard InChI is InChI=1S/C20H21N5O5S2/c1-3-25(4-2)32(28,29)15-8-6-14(7-9-15)23-17(26)12-30-20(27)16-13-31-19(24-16)18-21-10-5-11-22-18/h5-11,13H,3-4,12H2,1-2H3,(H,23,26). The molecule has 1 aromatic carbocycles. The van der Waals surface area contributed by atoms with E-state index in [0.717, 1.165) is 0 Å². The van der Waals surface area contributed by atoms with Crippen LogP contribution in [0.25, 0.3) is 10.8 Å². The summed E-state index contributed by atoms with van der Waals surface area (Å²) in [7, 11) is -3.58. The van der Waals surface area contributed by atoms with E-state index in [0.29, 0.717) is 29.6 Å². The van der Waals surface area contributed by atoms with E-state index in [1.165, 1.54) is 45.3 Å². The van der Waals surface area contributed by atoms with E-state index in [4.69, 9.17) is 4.74 Å². The molecule has 0 aliphatic rings. The van der Waals surface area contributed by atoms with Crippen LogP contribution in [0.15, 0.2) is 53.0 Å². The van der Waals surface area contributed by atoms with Gasteiger partial charge < -0.3 is 10.1 Å². The molecule has 2 aromatic heterocycles. The molecule has 1 amide bonds. The maximum absolute atomic E-state index is 12.5. The molecule has 0 atom stereocenters. The van der Waals surface area contributed by atoms with E-state index in [1.807, 2.05) is 0 Å². The average molecular weight is 476 g/mol. The fourth-order valence-electron chi connectivity index (χ4n) is 2.70. The van der Waals surface area contributed by atoms with Gasteiger partial charge in [-0.1, -0.05) is 13.8 Å². The number of nitrogens with one attached hydrogen (secondary N) is 1. The van der Waals surface area contributed by atoms with E-state index < -0.39 is 28.5 Å². The van der Waals surface area contributed by atoms with Crippen LogP contribution in [0.5, 0.6) is 0 Å². The number of ether oxygens (including phenoxy) is 1. The Bertz CT molecular complexity index is 1180. The molecule has 12 heteroatoms. The minimum atomic E-state index is -3.58. The van der Waals surface area contributed by atoms with Crippen molar-refractivity contribution in [3.63, 3.8) is 0 Å². The average Bonchev–Trinajstić information content (AvgIpc) is 3.29. The van der Waals surface area contributed by atoms with Crippen LogP contribution in [0.1, 0.15) is 24.3 Å². The molecule has 0 spiro atoms. The summed E-state index contributed by atoms with van der Waals surface area (Å²) in [6.07, 6.45) is 3.13. The lowest BCUT2D eigenvalue weighted by Crippen LogP contribution is -2.30. The number of aromatic nitrogens is 3. The summed E-state index contributed by atoms with van der Waals surface area (Å²) >= 11 is 1.19. The highest BCUT2D eigenvalue weighted by Crippen LogP contribution is 2.20. The van der Waals surface area contributed by atoms with E-state index in [2.05, 4.69) is 20.3 Å². The van der Waals surface area contributed by atoms with Crippen LogP contribution in [-0.2, 0) is 19.6 Å². The van der Waals surface area contributed by atoms with Crippen molar-refractivity contribution in [2.45, 2.75) is 18.7 Å². The Balaban J connectivity index is 1.55. The Labute approximate surface area is 189 Å². The van der Waals surface area contributed by atoms with Crippen LogP contribution in [0.2, 0.25) is 0 Å². The summed E-state index contributed by atoms with van der Waals surface area (Å²) in [5.41, 5.74) is 0.429. The number of hydrogen-bond donors (Lipinski definition) is 1. The second-order valence-corrected chi connectivity index (χ2v) is 9.14. The largest absolute Gasteiger partial charge is 0.451 e. The number of carbonyl (C=O) groups excluding carboxylic acids is 2. The van der Waals surface area contributed by atoms with Gasteiger partial charge in [0, 0.05) is 36.6 Å². The number of hydrogen-bond acceptors (Lipinski definition) is 9. The summed E-state index contributed by atoms with van der Waals surface area (Å²) in [5.74, 6) is -0.931. The van der Waals surface area contributed by atoms with Crippen molar-refractivity contribution in [3.05, 3.63) is 53.8 Å². The topological polar surface area (TPSA) is 131 Å². The Morgan fingerprint density at radius 1 is 1.09 bits per heavy atom. The Morgan fingerprint density at radius 3 is 2.38 bits per heavy atom. The number of sulfonamides is 1. The van der Waals surface area contributed by atoms with Gasteiger partial charge in [-0.15, -0.1) is 11.3 Å². The van der Waals surface area contributed by atoms with Gasteiger partial charge in [-0.3, -0.25) is 4.79 Å². The van der Waals surface area contributed by atoms with Crippen molar-refractivity contribution < 1.29 is 22.7 Å². The Morgan fingerprint density at radius 2 is 1.75 bits per heavy atom. The van der Waals surface area contributed by atoms with Gasteiger partial charge in [0.15, 0.2) is 23.1 Å². The van der Waals surface area contributed by atoms with Gasteiger partial charge in [-0.25, -0.2) is 28.2 Å². The first-order valence-electron chi connectivity index (χ1n) is 9.65. The van der Waals surface area contributed by atoms with Crippen molar-refractivity contribution in [2.75, 3.05) is 25.0 Å². The van der Waals surface area contributed by atoms with Crippen LogP contribution in [0.3, 0.4) is 0 Å². The number of rotatable bonds is 9. The van der Waals surface area contributed by atoms with E-state index in [-0.39, 0.29) is 10.6 Å². The second-order valence-electron chi connectivity index (χ2n) is 6.35. The molecule has 0 saturated heterocycles. The normalized spacial score (nSPS) is 11.3. The van der Waals surface area contributed by atoms with Gasteiger partial charge in [0.1, 0.15) is 0 Å². The summed E-state index contributed by atoms with van der Waals surface area (Å²) in [6, 6.07) is 7.45. The van der Waals surface area contributed by atoms with Gasteiger partial charge in [0.25, 0.3) is 5.91 Å². The molecular weight excluding hydrogens is 454 g/mol. The Hall–Kier alpha value is -3.22. The van der Waals surface area contributed by atoms with Crippen LogP contribution in [0, 0.1) is 0 Å². The minimum absolute atomic E-state index is 0.0521. The molecule has 3 aromatic rings. The molecule has 10 nitrogen and oxygen atoms in total. The molecule has 0 aliphatic carbocycles. The molecule has 32 heavy (non-hydrogen) atoms. The molecule has 0 aliphatic heterocycles. The SMILES string of the molecule is CCN(CC)S(=O)(=O)c1ccc(NC(=O)COC(=O)c2csc(-c3ncccn3)n2)cc1. The van der Waals surface area contributed by atoms with Gasteiger partial charge in [0.2, 0.25) is 10.0 Å². The van der Waals surface area contributed by atoms with E-state index >= 15 is 0 Å². The number of thiazole rings is 1. The van der Waals surface area contributed by atoms with Gasteiger partial charge in [-0.2, -0.15) is 4.31 Å². The first-order valence-corrected chi connectivity index (χ1v) is 12.0. The number of carbonyl (C=O) groups is 2. The van der Waals surface area contributed by atoms with Gasteiger partial charge in [-0.05, 0) is 30.3 Å². The third kappa shape index (κ3) is 5.52. The van der Waals surface area contributed by atoms with Crippen LogP contribution >= 0.6 is 11.3 Å². The molecule has 0 bridgehead atoms. The Kier molecular flexibility index (Phi) is 7.62. The molecule has 2 heterocycles. The molecule has 0 saturated carbocycles. The van der Waals surface area contributed by atoms with Crippen molar-refractivity contribution >= 4 is 38.9 Å². The summed E-state index contributed by atoms with van der Waals surface area (Å²) < 4.78 is 31.3. The van der Waals surface area contributed by atoms with Crippen molar-refractivity contribution in [1.29, 1.82) is 0 Å². The smallest absolute Gasteiger partial charge is 0.358 e. The summed E-state index contributed by atoms with van der Waals surface area (Å²) in [4.78, 5) is 36.6. The lowest BCUT2D eigenvalue weighted by Gasteiger charge is -2.18. The quantitative estimate of drug-likeness (QED) is 0.467. The maximum Gasteiger partial charge on any atom is 0.358 e. The van der Waals surface area contributed by atoms with Crippen molar-refractivity contribution in [2.24, 2.45) is 0 Å². The third-order valence-corrected chi connectivity index (χ3v) is 7.19. The predicted molar refractivity (Wildman–Crippen MR) is 119 cm³/mol. The zero-order valence-corrected chi connectivity index (χ0v) is 19.0. The summed E-state index contributed by atoms with van der Waals surface area (Å²) in [6.45, 7) is 3.73. The molecular formula is C20H21N5O5S2. The number of anilines is 1. The monoisotopic (exact) mass is 475 g/mol. The molecule has 0 unspecified atom stereocenters. The van der Waals surface area contributed by atoms with E-state index in [9.17, 15) is 18.0 Å². The zero-order chi connectivity index (χ0) is 23.1. The molecule has 168 valence electrons. The van der Waals surface area contributed by atoms with Crippen LogP contribution in [-0.4, -0.2) is 59.2 Å². The first kappa shape index (κ1) is 23.4. The highest BCUT2D eigenvalue weighted by molar-refractivity contribution is 7.89. The molecule has 1 N–H and O–H groups in total.